The van der Waals surface area contributed by atoms with Crippen molar-refractivity contribution in [3.63, 3.8) is 0 Å². The Morgan fingerprint density at radius 3 is 2.25 bits per heavy atom. The molecule has 0 saturated carbocycles. The van der Waals surface area contributed by atoms with E-state index in [1.807, 2.05) is 24.3 Å². The highest BCUT2D eigenvalue weighted by Gasteiger charge is 2.43. The van der Waals surface area contributed by atoms with Crippen LogP contribution in [0.3, 0.4) is 0 Å². The first-order valence-electron chi connectivity index (χ1n) is 16.9. The quantitative estimate of drug-likeness (QED) is 0.138. The Hall–Kier alpha value is -4.72. The summed E-state index contributed by atoms with van der Waals surface area (Å²) in [5.41, 5.74) is 3.48. The Morgan fingerprint density at radius 2 is 1.59 bits per heavy atom. The molecule has 0 spiro atoms. The van der Waals surface area contributed by atoms with E-state index in [0.29, 0.717) is 54.1 Å². The molecule has 11 nitrogen and oxygen atoms in total. The van der Waals surface area contributed by atoms with Crippen molar-refractivity contribution in [2.75, 3.05) is 58.1 Å². The number of benzene rings is 3. The third-order valence-electron chi connectivity index (χ3n) is 9.62. The molecule has 1 fully saturated rings. The molecular weight excluding hydrogens is 689 g/mol. The van der Waals surface area contributed by atoms with Crippen LogP contribution in [0.25, 0.3) is 0 Å². The van der Waals surface area contributed by atoms with Crippen LogP contribution in [0.1, 0.15) is 73.4 Å². The fourth-order valence-electron chi connectivity index (χ4n) is 6.86. The molecule has 51 heavy (non-hydrogen) atoms. The van der Waals surface area contributed by atoms with Gasteiger partial charge in [-0.1, -0.05) is 42.5 Å². The number of hydrogen-bond acceptors (Lipinski definition) is 10. The number of imide groups is 1. The fraction of sp³-hybridized carbons (Fsp3) is 0.342. The van der Waals surface area contributed by atoms with E-state index in [4.69, 9.17) is 9.47 Å². The van der Waals surface area contributed by atoms with Crippen molar-refractivity contribution in [2.24, 2.45) is 0 Å². The zero-order chi connectivity index (χ0) is 36.3. The Balaban J connectivity index is 1.21. The van der Waals surface area contributed by atoms with Crippen molar-refractivity contribution >= 4 is 44.6 Å². The van der Waals surface area contributed by atoms with Gasteiger partial charge in [0.05, 0.1) is 42.0 Å². The van der Waals surface area contributed by atoms with Crippen LogP contribution in [-0.2, 0) is 9.84 Å². The highest BCUT2D eigenvalue weighted by molar-refractivity contribution is 7.92. The molecule has 2 aliphatic rings. The molecule has 0 aliphatic carbocycles. The molecule has 1 N–H and O–H groups in total. The number of fused-ring (bicyclic) bond motifs is 1. The number of carbonyl (C=O) groups is 3. The maximum atomic E-state index is 14.4. The highest BCUT2D eigenvalue weighted by atomic mass is 32.2. The molecule has 6 rings (SSSR count). The minimum Gasteiger partial charge on any atom is -0.493 e. The summed E-state index contributed by atoms with van der Waals surface area (Å²) < 4.78 is 34.9. The van der Waals surface area contributed by atoms with Gasteiger partial charge in [0, 0.05) is 45.0 Å². The summed E-state index contributed by atoms with van der Waals surface area (Å²) in [6.07, 6.45) is 1.88. The Bertz CT molecular complexity index is 2020. The first kappa shape index (κ1) is 36.1. The second-order valence-electron chi connectivity index (χ2n) is 12.7. The topological polar surface area (TPSA) is 126 Å². The van der Waals surface area contributed by atoms with Crippen molar-refractivity contribution < 1.29 is 32.3 Å². The van der Waals surface area contributed by atoms with Crippen molar-refractivity contribution in [3.05, 3.63) is 106 Å². The summed E-state index contributed by atoms with van der Waals surface area (Å²) in [4.78, 5) is 47.7. The number of methoxy groups -OCH3 is 2. The second kappa shape index (κ2) is 15.3. The number of amides is 3. The molecule has 3 amide bonds. The number of nitrogens with zero attached hydrogens (tertiary/aromatic N) is 3. The average molecular weight is 731 g/mol. The Morgan fingerprint density at radius 1 is 0.863 bits per heavy atom. The van der Waals surface area contributed by atoms with Gasteiger partial charge in [0.2, 0.25) is 0 Å². The van der Waals surface area contributed by atoms with Crippen molar-refractivity contribution in [1.29, 1.82) is 0 Å². The van der Waals surface area contributed by atoms with Crippen LogP contribution < -0.4 is 19.7 Å². The summed E-state index contributed by atoms with van der Waals surface area (Å²) in [6, 6.07) is 23.7. The number of piperazine rings is 1. The lowest BCUT2D eigenvalue weighted by atomic mass is 9.99. The lowest BCUT2D eigenvalue weighted by Gasteiger charge is -2.39. The van der Waals surface area contributed by atoms with Gasteiger partial charge >= 0.3 is 0 Å². The van der Waals surface area contributed by atoms with Gasteiger partial charge in [-0.3, -0.25) is 24.2 Å². The Labute approximate surface area is 302 Å². The van der Waals surface area contributed by atoms with Gasteiger partial charge in [-0.25, -0.2) is 8.42 Å². The number of hydrogen-bond donors (Lipinski definition) is 1. The molecule has 1 unspecified atom stereocenters. The largest absolute Gasteiger partial charge is 0.493 e. The fourth-order valence-corrected chi connectivity index (χ4v) is 8.70. The zero-order valence-electron chi connectivity index (χ0n) is 29.1. The molecule has 0 bridgehead atoms. The highest BCUT2D eigenvalue weighted by Crippen LogP contribution is 2.41. The maximum absolute atomic E-state index is 14.4. The molecule has 268 valence electrons. The summed E-state index contributed by atoms with van der Waals surface area (Å²) in [6.45, 7) is 5.50. The maximum Gasteiger partial charge on any atom is 0.264 e. The predicted octanol–water partition coefficient (Wildman–Crippen LogP) is 5.60. The third-order valence-corrected chi connectivity index (χ3v) is 12.5. The van der Waals surface area contributed by atoms with Gasteiger partial charge in [0.1, 0.15) is 4.21 Å². The second-order valence-corrected chi connectivity index (χ2v) is 16.0. The molecule has 2 atom stereocenters. The van der Waals surface area contributed by atoms with Crippen LogP contribution in [0.15, 0.2) is 83.1 Å². The van der Waals surface area contributed by atoms with Crippen LogP contribution in [-0.4, -0.2) is 89.1 Å². The first-order valence-corrected chi connectivity index (χ1v) is 19.6. The number of anilines is 1. The molecule has 2 aliphatic heterocycles. The van der Waals surface area contributed by atoms with E-state index in [1.54, 1.807) is 18.2 Å². The molecular formula is C38H42N4O7S2. The van der Waals surface area contributed by atoms with Crippen molar-refractivity contribution in [1.82, 2.24) is 15.1 Å². The van der Waals surface area contributed by atoms with E-state index < -0.39 is 15.9 Å². The molecule has 1 aromatic heterocycles. The molecule has 13 heteroatoms. The van der Waals surface area contributed by atoms with Gasteiger partial charge < -0.3 is 19.7 Å². The molecule has 0 radical (unpaired) electrons. The summed E-state index contributed by atoms with van der Waals surface area (Å²) in [5, 5.41) is 2.85. The number of ether oxygens (including phenoxy) is 2. The van der Waals surface area contributed by atoms with Gasteiger partial charge in [-0.15, -0.1) is 11.3 Å². The van der Waals surface area contributed by atoms with Crippen LogP contribution in [0.2, 0.25) is 0 Å². The van der Waals surface area contributed by atoms with E-state index >= 15 is 0 Å². The smallest absolute Gasteiger partial charge is 0.264 e. The average Bonchev–Trinajstić information content (AvgIpc) is 3.75. The lowest BCUT2D eigenvalue weighted by Crippen LogP contribution is -2.47. The summed E-state index contributed by atoms with van der Waals surface area (Å²) in [7, 11) is -0.350. The SMILES string of the molecule is COc1ccc([C@@H](CCCNC(=O)c2ccc(S(C)(=O)=O)s2)N2C(=O)c3cccc(N4CCN(C(C)c5ccccc5)CC4)c3C2=O)cc1OC. The minimum atomic E-state index is -3.42. The van der Waals surface area contributed by atoms with Crippen LogP contribution >= 0.6 is 11.3 Å². The number of thiophene rings is 1. The number of carbonyl (C=O) groups excluding carboxylic acids is 3. The van der Waals surface area contributed by atoms with Gasteiger partial charge in [0.15, 0.2) is 21.3 Å². The van der Waals surface area contributed by atoms with Gasteiger partial charge in [-0.05, 0) is 67.3 Å². The minimum absolute atomic E-state index is 0.120. The number of sulfone groups is 1. The van der Waals surface area contributed by atoms with Crippen molar-refractivity contribution in [2.45, 2.75) is 36.1 Å². The zero-order valence-corrected chi connectivity index (χ0v) is 30.8. The number of nitrogens with one attached hydrogen (secondary N) is 1. The van der Waals surface area contributed by atoms with Gasteiger partial charge in [0.25, 0.3) is 17.7 Å². The number of rotatable bonds is 13. The van der Waals surface area contributed by atoms with E-state index in [0.717, 1.165) is 36.4 Å². The normalized spacial score (nSPS) is 16.2. The van der Waals surface area contributed by atoms with Crippen LogP contribution in [0, 0.1) is 0 Å². The van der Waals surface area contributed by atoms with E-state index in [1.165, 1.54) is 36.8 Å². The van der Waals surface area contributed by atoms with E-state index in [-0.39, 0.29) is 39.4 Å². The third kappa shape index (κ3) is 7.51. The summed E-state index contributed by atoms with van der Waals surface area (Å²) in [5.74, 6) is -0.138. The lowest BCUT2D eigenvalue weighted by molar-refractivity contribution is 0.0570. The van der Waals surface area contributed by atoms with Crippen molar-refractivity contribution in [3.8, 4) is 11.5 Å². The Kier molecular flexibility index (Phi) is 10.8. The molecule has 3 heterocycles. The van der Waals surface area contributed by atoms with Gasteiger partial charge in [-0.2, -0.15) is 0 Å². The monoisotopic (exact) mass is 730 g/mol. The van der Waals surface area contributed by atoms with E-state index in [2.05, 4.69) is 46.3 Å². The first-order chi connectivity index (χ1) is 24.5. The predicted molar refractivity (Wildman–Crippen MR) is 197 cm³/mol. The standard InChI is InChI=1S/C38H42N4O7S2/c1-25(26-10-6-5-7-11-26)40-20-22-41(23-21-40)30-13-8-12-28-35(30)38(45)42(37(28)44)29(27-15-16-31(48-2)32(24-27)49-3)14-9-19-39-36(43)33-17-18-34(50-33)51(4,46)47/h5-8,10-13,15-18,24-25,29H,9,14,19-23H2,1-4H3,(H,39,43)/t25?,29-/m1/s1. The molecule has 1 saturated heterocycles. The molecule has 3 aromatic carbocycles. The van der Waals surface area contributed by atoms with Crippen LogP contribution in [0.4, 0.5) is 5.69 Å². The van der Waals surface area contributed by atoms with E-state index in [9.17, 15) is 22.8 Å². The molecule has 4 aromatic rings. The summed E-state index contributed by atoms with van der Waals surface area (Å²) >= 11 is 0.914. The van der Waals surface area contributed by atoms with Crippen LogP contribution in [0.5, 0.6) is 11.5 Å².